The first-order valence-corrected chi connectivity index (χ1v) is 17.7. The molecule has 0 aromatic carbocycles. The Hall–Kier alpha value is -1.19. The van der Waals surface area contributed by atoms with Crippen LogP contribution < -0.4 is 0 Å². The van der Waals surface area contributed by atoms with Gasteiger partial charge in [-0.05, 0) is 43.6 Å². The lowest BCUT2D eigenvalue weighted by atomic mass is 9.83. The van der Waals surface area contributed by atoms with Crippen molar-refractivity contribution in [3.8, 4) is 0 Å². The normalized spacial score (nSPS) is 52.6. The Morgan fingerprint density at radius 3 is 2.35 bits per heavy atom. The van der Waals surface area contributed by atoms with Gasteiger partial charge in [-0.1, -0.05) is 20.4 Å². The molecule has 258 valence electrons. The van der Waals surface area contributed by atoms with E-state index in [0.717, 1.165) is 24.8 Å². The third kappa shape index (κ3) is 5.88. The Labute approximate surface area is 270 Å². The highest BCUT2D eigenvalue weighted by molar-refractivity contribution is 5.70. The van der Waals surface area contributed by atoms with Crippen LogP contribution in [0.1, 0.15) is 78.1 Å². The maximum Gasteiger partial charge on any atom is 0.308 e. The van der Waals surface area contributed by atoms with E-state index in [1.165, 1.54) is 0 Å². The number of carbonyl (C=O) groups is 1. The van der Waals surface area contributed by atoms with Gasteiger partial charge in [0.15, 0.2) is 6.29 Å². The summed E-state index contributed by atoms with van der Waals surface area (Å²) < 4.78 is 57.1. The van der Waals surface area contributed by atoms with Gasteiger partial charge in [-0.3, -0.25) is 4.79 Å². The van der Waals surface area contributed by atoms with E-state index < -0.39 is 24.4 Å². The van der Waals surface area contributed by atoms with E-state index >= 15 is 0 Å². The molecule has 0 aliphatic carbocycles. The molecule has 9 fully saturated rings. The van der Waals surface area contributed by atoms with Crippen molar-refractivity contribution < 1.29 is 57.6 Å². The number of rotatable bonds is 8. The minimum Gasteiger partial charge on any atom is -0.459 e. The summed E-state index contributed by atoms with van der Waals surface area (Å²) in [4.78, 5) is 13.6. The van der Waals surface area contributed by atoms with Gasteiger partial charge in [-0.2, -0.15) is 0 Å². The van der Waals surface area contributed by atoms with E-state index in [1.807, 2.05) is 0 Å². The van der Waals surface area contributed by atoms with Crippen molar-refractivity contribution in [1.82, 2.24) is 0 Å². The predicted octanol–water partition coefficient (Wildman–Crippen LogP) is 2.09. The fourth-order valence-corrected chi connectivity index (χ4v) is 9.26. The smallest absolute Gasteiger partial charge is 0.308 e. The molecule has 9 heterocycles. The molecule has 46 heavy (non-hydrogen) atoms. The van der Waals surface area contributed by atoms with Gasteiger partial charge in [0.2, 0.25) is 0 Å². The number of hydrogen-bond donors (Lipinski definition) is 2. The van der Waals surface area contributed by atoms with Crippen LogP contribution in [0, 0.1) is 5.92 Å². The molecule has 2 N–H and O–H groups in total. The molecule has 0 saturated carbocycles. The SMILES string of the molecule is C=C1C(C)CC(CC)OC1C[C@@H]1O[C@H]2CC(O)C(CCO)O[C@H]2CC1OC(=O)C[C@H]1CCC2OC3C4O[C@@H]5C[C@@H](OC4C2O1)OC35. The van der Waals surface area contributed by atoms with Gasteiger partial charge in [-0.25, -0.2) is 0 Å². The van der Waals surface area contributed by atoms with Gasteiger partial charge in [-0.15, -0.1) is 0 Å². The van der Waals surface area contributed by atoms with E-state index in [9.17, 15) is 15.0 Å². The molecule has 9 rings (SSSR count). The Bertz CT molecular complexity index is 1140. The first-order valence-electron chi connectivity index (χ1n) is 17.7. The number of carbonyl (C=O) groups excluding carboxylic acids is 1. The van der Waals surface area contributed by atoms with E-state index in [1.54, 1.807) is 0 Å². The zero-order valence-corrected chi connectivity index (χ0v) is 26.9. The summed E-state index contributed by atoms with van der Waals surface area (Å²) in [6.45, 7) is 8.58. The highest BCUT2D eigenvalue weighted by atomic mass is 16.8. The third-order valence-corrected chi connectivity index (χ3v) is 11.8. The second kappa shape index (κ2) is 12.9. The van der Waals surface area contributed by atoms with E-state index in [4.69, 9.17) is 42.6 Å². The largest absolute Gasteiger partial charge is 0.459 e. The monoisotopic (exact) mass is 650 g/mol. The lowest BCUT2D eigenvalue weighted by Crippen LogP contribution is -2.61. The van der Waals surface area contributed by atoms with Crippen LogP contribution in [0.4, 0.5) is 0 Å². The molecular weight excluding hydrogens is 600 g/mol. The summed E-state index contributed by atoms with van der Waals surface area (Å²) >= 11 is 0. The van der Waals surface area contributed by atoms with Crippen molar-refractivity contribution >= 4 is 5.97 Å². The fraction of sp³-hybridized carbons (Fsp3) is 0.912. The van der Waals surface area contributed by atoms with Gasteiger partial charge in [0, 0.05) is 32.3 Å². The van der Waals surface area contributed by atoms with Crippen molar-refractivity contribution in [1.29, 1.82) is 0 Å². The van der Waals surface area contributed by atoms with E-state index in [2.05, 4.69) is 20.4 Å². The molecule has 18 atom stereocenters. The van der Waals surface area contributed by atoms with Crippen LogP contribution >= 0.6 is 0 Å². The quantitative estimate of drug-likeness (QED) is 0.294. The number of esters is 1. The van der Waals surface area contributed by atoms with E-state index in [-0.39, 0.29) is 98.5 Å². The zero-order chi connectivity index (χ0) is 31.7. The maximum atomic E-state index is 13.6. The Balaban J connectivity index is 0.939. The standard InChI is InChI=1S/C34H50O12/c1-4-17-9-15(2)16(3)22(38-17)12-24-26(13-25-23(41-24)11-19(36)20(40-25)7-8-35)42-28(37)10-18-5-6-21-30(39-18)33-34-32(43-21)31-27(44-34)14-29(45-31)46-33/h15,17-27,29-36H,3-14H2,1-2H3/t15?,17?,18-,19?,20?,21?,22?,23+,24+,25+,26?,27-,29-,30?,31?,32?,33?,34?/m1/s1. The number of aliphatic hydroxyl groups is 2. The van der Waals surface area contributed by atoms with Crippen LogP contribution in [0.25, 0.3) is 0 Å². The summed E-state index contributed by atoms with van der Waals surface area (Å²) in [6, 6.07) is 0. The minimum atomic E-state index is -0.736. The van der Waals surface area contributed by atoms with Crippen LogP contribution in [0.3, 0.4) is 0 Å². The van der Waals surface area contributed by atoms with Crippen LogP contribution in [0.2, 0.25) is 0 Å². The molecule has 12 heteroatoms. The van der Waals surface area contributed by atoms with Crippen molar-refractivity contribution in [3.05, 3.63) is 12.2 Å². The zero-order valence-electron chi connectivity index (χ0n) is 26.9. The first kappa shape index (κ1) is 32.0. The van der Waals surface area contributed by atoms with Gasteiger partial charge >= 0.3 is 5.97 Å². The van der Waals surface area contributed by atoms with Crippen LogP contribution in [0.5, 0.6) is 0 Å². The lowest BCUT2D eigenvalue weighted by molar-refractivity contribution is -0.267. The molecule has 0 aromatic heterocycles. The Kier molecular flexibility index (Phi) is 9.00. The Morgan fingerprint density at radius 1 is 0.804 bits per heavy atom. The van der Waals surface area contributed by atoms with Gasteiger partial charge in [0.1, 0.15) is 36.6 Å². The number of ether oxygens (including phenoxy) is 9. The molecule has 9 aliphatic heterocycles. The molecule has 0 spiro atoms. The molecule has 0 aromatic rings. The van der Waals surface area contributed by atoms with Crippen LogP contribution in [0.15, 0.2) is 12.2 Å². The molecule has 6 bridgehead atoms. The summed E-state index contributed by atoms with van der Waals surface area (Å²) in [6.07, 6.45) is 0.904. The average molecular weight is 651 g/mol. The van der Waals surface area contributed by atoms with Crippen LogP contribution in [-0.4, -0.2) is 127 Å². The number of aliphatic hydroxyl groups excluding tert-OH is 2. The van der Waals surface area contributed by atoms with Gasteiger partial charge in [0.25, 0.3) is 0 Å². The second-order valence-corrected chi connectivity index (χ2v) is 14.8. The summed E-state index contributed by atoms with van der Waals surface area (Å²) in [5.74, 6) is -0.0348. The molecule has 0 radical (unpaired) electrons. The fourth-order valence-electron chi connectivity index (χ4n) is 9.26. The average Bonchev–Trinajstić information content (AvgIpc) is 3.47. The highest BCUT2D eigenvalue weighted by Crippen LogP contribution is 2.49. The van der Waals surface area contributed by atoms with Gasteiger partial charge < -0.3 is 52.8 Å². The molecular formula is C34H50O12. The molecule has 12 unspecified atom stereocenters. The number of fused-ring (bicyclic) bond motifs is 2. The third-order valence-electron chi connectivity index (χ3n) is 11.8. The highest BCUT2D eigenvalue weighted by Gasteiger charge is 2.64. The van der Waals surface area contributed by atoms with E-state index in [0.29, 0.717) is 44.4 Å². The van der Waals surface area contributed by atoms with Crippen molar-refractivity contribution in [3.63, 3.8) is 0 Å². The van der Waals surface area contributed by atoms with Crippen molar-refractivity contribution in [2.45, 2.75) is 182 Å². The molecule has 0 amide bonds. The predicted molar refractivity (Wildman–Crippen MR) is 159 cm³/mol. The maximum absolute atomic E-state index is 13.6. The minimum absolute atomic E-state index is 0.00348. The molecule has 12 nitrogen and oxygen atoms in total. The summed E-state index contributed by atoms with van der Waals surface area (Å²) in [5.41, 5.74) is 1.03. The second-order valence-electron chi connectivity index (χ2n) is 14.8. The lowest BCUT2D eigenvalue weighted by Gasteiger charge is -2.48. The number of hydrogen-bond acceptors (Lipinski definition) is 12. The van der Waals surface area contributed by atoms with Crippen molar-refractivity contribution in [2.75, 3.05) is 6.61 Å². The van der Waals surface area contributed by atoms with Crippen molar-refractivity contribution in [2.24, 2.45) is 5.92 Å². The topological polar surface area (TPSA) is 141 Å². The molecule has 9 saturated heterocycles. The van der Waals surface area contributed by atoms with Gasteiger partial charge in [0.05, 0.1) is 67.5 Å². The van der Waals surface area contributed by atoms with Crippen LogP contribution in [-0.2, 0) is 47.4 Å². The summed E-state index contributed by atoms with van der Waals surface area (Å²) in [7, 11) is 0. The first-order chi connectivity index (χ1) is 22.3. The Morgan fingerprint density at radius 2 is 1.52 bits per heavy atom. The summed E-state index contributed by atoms with van der Waals surface area (Å²) in [5, 5.41) is 20.2. The molecule has 9 aliphatic rings.